The largest absolute Gasteiger partial charge is 0.380 e. The van der Waals surface area contributed by atoms with E-state index in [2.05, 4.69) is 20.4 Å². The molecule has 0 radical (unpaired) electrons. The van der Waals surface area contributed by atoms with Gasteiger partial charge in [-0.1, -0.05) is 24.3 Å². The first kappa shape index (κ1) is 9.67. The third-order valence-corrected chi connectivity index (χ3v) is 1.93. The van der Waals surface area contributed by atoms with Gasteiger partial charge in [0.15, 0.2) is 6.33 Å². The van der Waals surface area contributed by atoms with E-state index in [0.29, 0.717) is 12.4 Å². The zero-order valence-electron chi connectivity index (χ0n) is 8.29. The molecule has 1 aromatic carbocycles. The van der Waals surface area contributed by atoms with E-state index in [0.717, 1.165) is 11.1 Å². The summed E-state index contributed by atoms with van der Waals surface area (Å²) in [6, 6.07) is 7.78. The van der Waals surface area contributed by atoms with E-state index in [-0.39, 0.29) is 0 Å². The number of nitrogens with zero attached hydrogens (tertiary/aromatic N) is 4. The standard InChI is InChI=1S/C10H10N4O/c1-15-6-8-2-4-9(5-3-8)10-13-11-7-12-14-10/h2-5,7H,6H2,1H3. The van der Waals surface area contributed by atoms with Crippen LogP contribution >= 0.6 is 0 Å². The quantitative estimate of drug-likeness (QED) is 0.745. The fourth-order valence-electron chi connectivity index (χ4n) is 1.24. The lowest BCUT2D eigenvalue weighted by atomic mass is 10.1. The molecule has 15 heavy (non-hydrogen) atoms. The van der Waals surface area contributed by atoms with Crippen molar-refractivity contribution in [1.82, 2.24) is 20.4 Å². The van der Waals surface area contributed by atoms with Crippen LogP contribution in [0.3, 0.4) is 0 Å². The van der Waals surface area contributed by atoms with Gasteiger partial charge in [0.2, 0.25) is 5.82 Å². The number of benzene rings is 1. The molecule has 2 rings (SSSR count). The van der Waals surface area contributed by atoms with E-state index in [1.165, 1.54) is 6.33 Å². The molecule has 0 saturated carbocycles. The smallest absolute Gasteiger partial charge is 0.203 e. The first-order chi connectivity index (χ1) is 7.40. The Morgan fingerprint density at radius 3 is 2.33 bits per heavy atom. The lowest BCUT2D eigenvalue weighted by molar-refractivity contribution is 0.185. The summed E-state index contributed by atoms with van der Waals surface area (Å²) in [6.07, 6.45) is 1.31. The summed E-state index contributed by atoms with van der Waals surface area (Å²) in [5.41, 5.74) is 2.01. The lowest BCUT2D eigenvalue weighted by Crippen LogP contribution is -1.94. The molecule has 0 bridgehead atoms. The zero-order chi connectivity index (χ0) is 10.5. The number of hydrogen-bond acceptors (Lipinski definition) is 5. The van der Waals surface area contributed by atoms with Crippen LogP contribution in [0.2, 0.25) is 0 Å². The SMILES string of the molecule is COCc1ccc(-c2nncnn2)cc1. The Bertz CT molecular complexity index is 415. The van der Waals surface area contributed by atoms with Crippen molar-refractivity contribution in [3.05, 3.63) is 36.2 Å². The molecular formula is C10H10N4O. The number of ether oxygens (including phenoxy) is 1. The number of methoxy groups -OCH3 is 1. The minimum Gasteiger partial charge on any atom is -0.380 e. The van der Waals surface area contributed by atoms with E-state index in [4.69, 9.17) is 4.74 Å². The minimum atomic E-state index is 0.529. The van der Waals surface area contributed by atoms with Gasteiger partial charge < -0.3 is 4.74 Å². The fraction of sp³-hybridized carbons (Fsp3) is 0.200. The molecule has 0 N–H and O–H groups in total. The van der Waals surface area contributed by atoms with Crippen LogP contribution < -0.4 is 0 Å². The molecule has 76 valence electrons. The molecule has 0 fully saturated rings. The summed E-state index contributed by atoms with van der Waals surface area (Å²) in [4.78, 5) is 0. The van der Waals surface area contributed by atoms with Crippen LogP contribution in [0.4, 0.5) is 0 Å². The number of rotatable bonds is 3. The van der Waals surface area contributed by atoms with Crippen LogP contribution in [-0.2, 0) is 11.3 Å². The van der Waals surface area contributed by atoms with Gasteiger partial charge in [-0.3, -0.25) is 0 Å². The maximum Gasteiger partial charge on any atom is 0.203 e. The van der Waals surface area contributed by atoms with E-state index < -0.39 is 0 Å². The molecular weight excluding hydrogens is 192 g/mol. The molecule has 0 aliphatic rings. The normalized spacial score (nSPS) is 10.2. The summed E-state index contributed by atoms with van der Waals surface area (Å²) in [6.45, 7) is 0.604. The monoisotopic (exact) mass is 202 g/mol. The van der Waals surface area contributed by atoms with E-state index >= 15 is 0 Å². The van der Waals surface area contributed by atoms with Crippen molar-refractivity contribution in [2.24, 2.45) is 0 Å². The van der Waals surface area contributed by atoms with Crippen LogP contribution in [0, 0.1) is 0 Å². The summed E-state index contributed by atoms with van der Waals surface area (Å²) in [5, 5.41) is 15.1. The second kappa shape index (κ2) is 4.56. The van der Waals surface area contributed by atoms with Crippen molar-refractivity contribution in [1.29, 1.82) is 0 Å². The van der Waals surface area contributed by atoms with Crippen LogP contribution in [0.25, 0.3) is 11.4 Å². The van der Waals surface area contributed by atoms with Gasteiger partial charge in [-0.2, -0.15) is 0 Å². The Balaban J connectivity index is 2.24. The first-order valence-electron chi connectivity index (χ1n) is 4.49. The predicted octanol–water partition coefficient (Wildman–Crippen LogP) is 1.08. The molecule has 0 amide bonds. The summed E-state index contributed by atoms with van der Waals surface area (Å²) >= 11 is 0. The van der Waals surface area contributed by atoms with E-state index in [1.54, 1.807) is 7.11 Å². The molecule has 0 atom stereocenters. The molecule has 0 aliphatic heterocycles. The average Bonchev–Trinajstić information content (AvgIpc) is 2.32. The highest BCUT2D eigenvalue weighted by atomic mass is 16.5. The fourth-order valence-corrected chi connectivity index (χ4v) is 1.24. The van der Waals surface area contributed by atoms with Gasteiger partial charge in [0, 0.05) is 12.7 Å². The van der Waals surface area contributed by atoms with Gasteiger partial charge in [-0.25, -0.2) is 0 Å². The lowest BCUT2D eigenvalue weighted by Gasteiger charge is -2.00. The highest BCUT2D eigenvalue weighted by Crippen LogP contribution is 2.13. The second-order valence-electron chi connectivity index (χ2n) is 3.00. The molecule has 5 heteroatoms. The highest BCUT2D eigenvalue weighted by molar-refractivity contribution is 5.53. The van der Waals surface area contributed by atoms with Crippen molar-refractivity contribution >= 4 is 0 Å². The molecule has 0 spiro atoms. The Morgan fingerprint density at radius 1 is 1.07 bits per heavy atom. The van der Waals surface area contributed by atoms with Gasteiger partial charge in [0.25, 0.3) is 0 Å². The van der Waals surface area contributed by atoms with Crippen LogP contribution in [-0.4, -0.2) is 27.5 Å². The van der Waals surface area contributed by atoms with Crippen LogP contribution in [0.5, 0.6) is 0 Å². The van der Waals surface area contributed by atoms with Gasteiger partial charge in [0.05, 0.1) is 6.61 Å². The summed E-state index contributed by atoms with van der Waals surface area (Å²) in [7, 11) is 1.67. The van der Waals surface area contributed by atoms with Gasteiger partial charge in [0.1, 0.15) is 0 Å². The van der Waals surface area contributed by atoms with E-state index in [9.17, 15) is 0 Å². The maximum absolute atomic E-state index is 5.02. The molecule has 1 aromatic heterocycles. The Morgan fingerprint density at radius 2 is 1.73 bits per heavy atom. The Labute approximate surface area is 87.1 Å². The Kier molecular flexibility index (Phi) is 2.94. The average molecular weight is 202 g/mol. The van der Waals surface area contributed by atoms with Crippen LogP contribution in [0.15, 0.2) is 30.6 Å². The third kappa shape index (κ3) is 2.32. The summed E-state index contributed by atoms with van der Waals surface area (Å²) < 4.78 is 5.02. The molecule has 0 saturated heterocycles. The Hall–Kier alpha value is -1.88. The van der Waals surface area contributed by atoms with E-state index in [1.807, 2.05) is 24.3 Å². The second-order valence-corrected chi connectivity index (χ2v) is 3.00. The highest BCUT2D eigenvalue weighted by Gasteiger charge is 2.00. The predicted molar refractivity (Wildman–Crippen MR) is 53.8 cm³/mol. The molecule has 0 aliphatic carbocycles. The topological polar surface area (TPSA) is 60.8 Å². The van der Waals surface area contributed by atoms with Crippen molar-refractivity contribution < 1.29 is 4.74 Å². The number of aromatic nitrogens is 4. The molecule has 0 unspecified atom stereocenters. The van der Waals surface area contributed by atoms with Gasteiger partial charge in [-0.15, -0.1) is 20.4 Å². The first-order valence-corrected chi connectivity index (χ1v) is 4.49. The molecule has 5 nitrogen and oxygen atoms in total. The van der Waals surface area contributed by atoms with Crippen molar-refractivity contribution in [3.8, 4) is 11.4 Å². The third-order valence-electron chi connectivity index (χ3n) is 1.93. The zero-order valence-corrected chi connectivity index (χ0v) is 8.29. The summed E-state index contributed by atoms with van der Waals surface area (Å²) in [5.74, 6) is 0.529. The molecule has 1 heterocycles. The van der Waals surface area contributed by atoms with Gasteiger partial charge >= 0.3 is 0 Å². The van der Waals surface area contributed by atoms with Crippen molar-refractivity contribution in [2.75, 3.05) is 7.11 Å². The molecule has 2 aromatic rings. The van der Waals surface area contributed by atoms with Crippen molar-refractivity contribution in [3.63, 3.8) is 0 Å². The van der Waals surface area contributed by atoms with Crippen LogP contribution in [0.1, 0.15) is 5.56 Å². The van der Waals surface area contributed by atoms with Gasteiger partial charge in [-0.05, 0) is 5.56 Å². The number of hydrogen-bond donors (Lipinski definition) is 0. The van der Waals surface area contributed by atoms with Crippen molar-refractivity contribution in [2.45, 2.75) is 6.61 Å². The minimum absolute atomic E-state index is 0.529. The maximum atomic E-state index is 5.02.